The van der Waals surface area contributed by atoms with Crippen LogP contribution in [0, 0.1) is 0 Å². The van der Waals surface area contributed by atoms with Gasteiger partial charge in [0.1, 0.15) is 11.9 Å². The molecule has 3 rings (SSSR count). The molecule has 0 bridgehead atoms. The van der Waals surface area contributed by atoms with Gasteiger partial charge >= 0.3 is 0 Å². The molecule has 1 saturated heterocycles. The fourth-order valence-electron chi connectivity index (χ4n) is 3.28. The van der Waals surface area contributed by atoms with E-state index in [1.54, 1.807) is 0 Å². The Morgan fingerprint density at radius 1 is 1.50 bits per heavy atom. The minimum Gasteiger partial charge on any atom is -0.353 e. The smallest absolute Gasteiger partial charge is 0.242 e. The van der Waals surface area contributed by atoms with Crippen molar-refractivity contribution in [2.24, 2.45) is 5.73 Å². The molecule has 5 heteroatoms. The molecule has 2 aliphatic rings. The molecule has 1 amide bonds. The Bertz CT molecular complexity index is 529. The molecule has 1 aliphatic heterocycles. The number of aryl methyl sites for hydroxylation is 2. The Morgan fingerprint density at radius 2 is 2.35 bits per heavy atom. The van der Waals surface area contributed by atoms with Crippen LogP contribution in [0.2, 0.25) is 0 Å². The van der Waals surface area contributed by atoms with Gasteiger partial charge in [0, 0.05) is 30.9 Å². The fourth-order valence-corrected chi connectivity index (χ4v) is 3.28. The van der Waals surface area contributed by atoms with Crippen molar-refractivity contribution in [3.63, 3.8) is 0 Å². The van der Waals surface area contributed by atoms with E-state index in [2.05, 4.69) is 16.3 Å². The zero-order valence-corrected chi connectivity index (χ0v) is 12.0. The van der Waals surface area contributed by atoms with E-state index in [9.17, 15) is 4.79 Å². The molecule has 0 aromatic carbocycles. The molecule has 0 spiro atoms. The zero-order valence-electron chi connectivity index (χ0n) is 12.0. The van der Waals surface area contributed by atoms with Crippen LogP contribution in [0.15, 0.2) is 6.07 Å². The molecule has 0 saturated carbocycles. The van der Waals surface area contributed by atoms with Crippen LogP contribution in [0.4, 0.5) is 5.82 Å². The van der Waals surface area contributed by atoms with E-state index in [1.165, 1.54) is 17.7 Å². The average molecular weight is 274 g/mol. The summed E-state index contributed by atoms with van der Waals surface area (Å²) in [7, 11) is 0. The van der Waals surface area contributed by atoms with E-state index >= 15 is 0 Å². The molecular formula is C15H22N4O. The quantitative estimate of drug-likeness (QED) is 0.853. The second kappa shape index (κ2) is 5.40. The number of anilines is 1. The monoisotopic (exact) mass is 274 g/mol. The van der Waals surface area contributed by atoms with Crippen molar-refractivity contribution < 1.29 is 4.79 Å². The third-order valence-electron chi connectivity index (χ3n) is 4.32. The van der Waals surface area contributed by atoms with Gasteiger partial charge in [-0.2, -0.15) is 0 Å². The lowest BCUT2D eigenvalue weighted by atomic mass is 10.1. The van der Waals surface area contributed by atoms with Crippen LogP contribution in [0.25, 0.3) is 0 Å². The maximum absolute atomic E-state index is 12.0. The number of hydrogen-bond donors (Lipinski definition) is 2. The standard InChI is InChI=1S/C15H22N4O/c1-2-13-15(20)17-6-7-19(13)14-11(9-16)8-10-4-3-5-12(10)18-14/h8,13H,2-7,9,16H2,1H3,(H,17,20). The van der Waals surface area contributed by atoms with Crippen LogP contribution in [0.1, 0.15) is 36.6 Å². The predicted octanol–water partition coefficient (Wildman–Crippen LogP) is 0.744. The molecule has 0 radical (unpaired) electrons. The van der Waals surface area contributed by atoms with Gasteiger partial charge in [-0.15, -0.1) is 0 Å². The first kappa shape index (κ1) is 13.4. The van der Waals surface area contributed by atoms with Gasteiger partial charge in [-0.1, -0.05) is 6.92 Å². The highest BCUT2D eigenvalue weighted by Crippen LogP contribution is 2.29. The van der Waals surface area contributed by atoms with Crippen LogP contribution in [0.5, 0.6) is 0 Å². The van der Waals surface area contributed by atoms with Crippen molar-refractivity contribution in [2.45, 2.75) is 45.2 Å². The summed E-state index contributed by atoms with van der Waals surface area (Å²) in [4.78, 5) is 19.0. The summed E-state index contributed by atoms with van der Waals surface area (Å²) >= 11 is 0. The summed E-state index contributed by atoms with van der Waals surface area (Å²) in [6.45, 7) is 4.00. The number of nitrogens with zero attached hydrogens (tertiary/aromatic N) is 2. The van der Waals surface area contributed by atoms with Gasteiger partial charge in [-0.3, -0.25) is 4.79 Å². The molecule has 1 unspecified atom stereocenters. The Hall–Kier alpha value is -1.62. The van der Waals surface area contributed by atoms with Crippen LogP contribution in [-0.2, 0) is 24.2 Å². The molecule has 1 aliphatic carbocycles. The van der Waals surface area contributed by atoms with Crippen LogP contribution < -0.4 is 16.0 Å². The number of rotatable bonds is 3. The van der Waals surface area contributed by atoms with E-state index in [0.717, 1.165) is 37.2 Å². The van der Waals surface area contributed by atoms with Crippen molar-refractivity contribution in [1.29, 1.82) is 0 Å². The summed E-state index contributed by atoms with van der Waals surface area (Å²) in [5, 5.41) is 2.93. The number of hydrogen-bond acceptors (Lipinski definition) is 4. The molecule has 108 valence electrons. The van der Waals surface area contributed by atoms with Gasteiger partial charge in [0.2, 0.25) is 5.91 Å². The van der Waals surface area contributed by atoms with Crippen LogP contribution >= 0.6 is 0 Å². The van der Waals surface area contributed by atoms with Crippen LogP contribution in [0.3, 0.4) is 0 Å². The molecule has 5 nitrogen and oxygen atoms in total. The van der Waals surface area contributed by atoms with Crippen molar-refractivity contribution in [1.82, 2.24) is 10.3 Å². The number of nitrogens with two attached hydrogens (primary N) is 1. The van der Waals surface area contributed by atoms with Gasteiger partial charge in [0.15, 0.2) is 0 Å². The van der Waals surface area contributed by atoms with Gasteiger partial charge in [-0.25, -0.2) is 4.98 Å². The number of piperazine rings is 1. The van der Waals surface area contributed by atoms with Gasteiger partial charge in [0.25, 0.3) is 0 Å². The second-order valence-electron chi connectivity index (χ2n) is 5.54. The van der Waals surface area contributed by atoms with Crippen molar-refractivity contribution in [2.75, 3.05) is 18.0 Å². The van der Waals surface area contributed by atoms with Crippen molar-refractivity contribution in [3.05, 3.63) is 22.9 Å². The van der Waals surface area contributed by atoms with E-state index in [1.807, 2.05) is 6.92 Å². The third kappa shape index (κ3) is 2.16. The van der Waals surface area contributed by atoms with Crippen molar-refractivity contribution in [3.8, 4) is 0 Å². The summed E-state index contributed by atoms with van der Waals surface area (Å²) < 4.78 is 0. The Labute approximate surface area is 119 Å². The van der Waals surface area contributed by atoms with E-state index in [-0.39, 0.29) is 11.9 Å². The maximum Gasteiger partial charge on any atom is 0.242 e. The predicted molar refractivity (Wildman–Crippen MR) is 78.6 cm³/mol. The van der Waals surface area contributed by atoms with Gasteiger partial charge in [0.05, 0.1) is 0 Å². The highest BCUT2D eigenvalue weighted by Gasteiger charge is 2.31. The minimum atomic E-state index is -0.124. The largest absolute Gasteiger partial charge is 0.353 e. The molecule has 20 heavy (non-hydrogen) atoms. The minimum absolute atomic E-state index is 0.101. The number of amides is 1. The fraction of sp³-hybridized carbons (Fsp3) is 0.600. The molecule has 1 aromatic heterocycles. The lowest BCUT2D eigenvalue weighted by Crippen LogP contribution is -2.55. The number of pyridine rings is 1. The average Bonchev–Trinajstić information content (AvgIpc) is 2.92. The Morgan fingerprint density at radius 3 is 3.10 bits per heavy atom. The number of aromatic nitrogens is 1. The topological polar surface area (TPSA) is 71.2 Å². The molecular weight excluding hydrogens is 252 g/mol. The molecule has 1 aromatic rings. The second-order valence-corrected chi connectivity index (χ2v) is 5.54. The van der Waals surface area contributed by atoms with Gasteiger partial charge in [-0.05, 0) is 37.3 Å². The number of carbonyl (C=O) groups excluding carboxylic acids is 1. The molecule has 3 N–H and O–H groups in total. The lowest BCUT2D eigenvalue weighted by Gasteiger charge is -2.36. The van der Waals surface area contributed by atoms with Crippen LogP contribution in [-0.4, -0.2) is 30.0 Å². The first-order valence-corrected chi connectivity index (χ1v) is 7.50. The Balaban J connectivity index is 2.01. The molecule has 2 heterocycles. The normalized spacial score (nSPS) is 21.8. The number of nitrogens with one attached hydrogen (secondary N) is 1. The number of fused-ring (bicyclic) bond motifs is 1. The highest BCUT2D eigenvalue weighted by molar-refractivity contribution is 5.86. The van der Waals surface area contributed by atoms with Gasteiger partial charge < -0.3 is 16.0 Å². The summed E-state index contributed by atoms with van der Waals surface area (Å²) in [6, 6.07) is 2.07. The highest BCUT2D eigenvalue weighted by atomic mass is 16.2. The molecule has 1 atom stereocenters. The first-order valence-electron chi connectivity index (χ1n) is 7.50. The summed E-state index contributed by atoms with van der Waals surface area (Å²) in [5.74, 6) is 1.03. The number of carbonyl (C=O) groups is 1. The summed E-state index contributed by atoms with van der Waals surface area (Å²) in [6.07, 6.45) is 4.11. The van der Waals surface area contributed by atoms with E-state index in [4.69, 9.17) is 10.7 Å². The van der Waals surface area contributed by atoms with E-state index in [0.29, 0.717) is 13.1 Å². The zero-order chi connectivity index (χ0) is 14.1. The molecule has 1 fully saturated rings. The lowest BCUT2D eigenvalue weighted by molar-refractivity contribution is -0.123. The van der Waals surface area contributed by atoms with E-state index < -0.39 is 0 Å². The first-order chi connectivity index (χ1) is 9.74. The maximum atomic E-state index is 12.0. The SMILES string of the molecule is CCC1C(=O)NCCN1c1nc2c(cc1CN)CCC2. The third-order valence-corrected chi connectivity index (χ3v) is 4.32. The Kier molecular flexibility index (Phi) is 3.61. The van der Waals surface area contributed by atoms with Crippen molar-refractivity contribution >= 4 is 11.7 Å². The summed E-state index contributed by atoms with van der Waals surface area (Å²) in [5.41, 5.74) is 9.50.